The van der Waals surface area contributed by atoms with Gasteiger partial charge in [-0.05, 0) is 18.8 Å². The zero-order valence-corrected chi connectivity index (χ0v) is 26.4. The Hall–Kier alpha value is -4.55. The number of nitrogen functional groups attached to an aromatic ring is 1. The molecule has 46 heavy (non-hydrogen) atoms. The minimum absolute atomic E-state index is 0.0504. The molecule has 1 saturated carbocycles. The van der Waals surface area contributed by atoms with Crippen LogP contribution in [0.5, 0.6) is 5.75 Å². The number of thioether (sulfide) groups is 2. The topological polar surface area (TPSA) is 214 Å². The number of hydrogen-bond acceptors (Lipinski definition) is 13. The largest absolute Gasteiger partial charge is 0.503 e. The minimum atomic E-state index is -1.24. The van der Waals surface area contributed by atoms with E-state index in [0.29, 0.717) is 16.1 Å². The Balaban J connectivity index is 1.15. The number of hydrogen-bond donors (Lipinski definition) is 5. The second kappa shape index (κ2) is 13.1. The van der Waals surface area contributed by atoms with E-state index in [1.165, 1.54) is 34.9 Å². The molecule has 6 rings (SSSR count). The van der Waals surface area contributed by atoms with Crippen molar-refractivity contribution in [2.24, 2.45) is 11.1 Å². The number of thiazole rings is 1. The third-order valence-electron chi connectivity index (χ3n) is 7.39. The predicted molar refractivity (Wildman–Crippen MR) is 167 cm³/mol. The Labute approximate surface area is 273 Å². The molecule has 0 unspecified atom stereocenters. The predicted octanol–water partition coefficient (Wildman–Crippen LogP) is 0.979. The number of aliphatic carboxylic acids is 1. The summed E-state index contributed by atoms with van der Waals surface area (Å²) in [6, 6.07) is 3.88. The van der Waals surface area contributed by atoms with Gasteiger partial charge in [-0.25, -0.2) is 14.3 Å². The highest BCUT2D eigenvalue weighted by Gasteiger charge is 2.54. The average Bonchev–Trinajstić information content (AvgIpc) is 3.77. The summed E-state index contributed by atoms with van der Waals surface area (Å²) in [5, 5.41) is 36.8. The highest BCUT2D eigenvalue weighted by molar-refractivity contribution is 8.00. The van der Waals surface area contributed by atoms with Crippen LogP contribution in [0, 0.1) is 5.92 Å². The number of nitrogens with two attached hydrogens (primary N) is 1. The molecule has 1 saturated heterocycles. The second-order valence-corrected chi connectivity index (χ2v) is 13.8. The molecule has 240 valence electrons. The molecule has 6 N–H and O–H groups in total. The van der Waals surface area contributed by atoms with Crippen LogP contribution in [0.15, 0.2) is 68.3 Å². The Bertz CT molecular complexity index is 1820. The van der Waals surface area contributed by atoms with E-state index in [0.717, 1.165) is 40.2 Å². The molecule has 3 aromatic rings. The van der Waals surface area contributed by atoms with Gasteiger partial charge in [0.15, 0.2) is 42.1 Å². The number of carbonyl (C=O) groups is 3. The molecule has 0 aromatic carbocycles. The number of aromatic hydroxyl groups is 1. The maximum Gasteiger partial charge on any atom is 0.352 e. The van der Waals surface area contributed by atoms with Gasteiger partial charge in [-0.1, -0.05) is 5.16 Å². The van der Waals surface area contributed by atoms with Gasteiger partial charge in [-0.2, -0.15) is 4.73 Å². The SMILES string of the molecule is Nc1nc(/C(=N\OCc2cc(=O)c(O)cn2O)C(=O)N[C@H]2C(=O)N3C(C(=O)O)=C(C[n+]4ccc(SCC5CC5)cc4)CS[C@@H]23)cs1. The first kappa shape index (κ1) is 31.4. The lowest BCUT2D eigenvalue weighted by Crippen LogP contribution is -2.71. The number of nitrogens with zero attached hydrogens (tertiary/aromatic N) is 5. The van der Waals surface area contributed by atoms with Gasteiger partial charge in [0, 0.05) is 45.6 Å². The molecule has 5 heterocycles. The van der Waals surface area contributed by atoms with Gasteiger partial charge in [0.2, 0.25) is 5.43 Å². The van der Waals surface area contributed by atoms with Gasteiger partial charge in [0.25, 0.3) is 11.8 Å². The smallest absolute Gasteiger partial charge is 0.352 e. The number of amides is 2. The fourth-order valence-electron chi connectivity index (χ4n) is 4.80. The minimum Gasteiger partial charge on any atom is -0.503 e. The molecule has 2 atom stereocenters. The highest BCUT2D eigenvalue weighted by atomic mass is 32.2. The summed E-state index contributed by atoms with van der Waals surface area (Å²) in [4.78, 5) is 62.4. The summed E-state index contributed by atoms with van der Waals surface area (Å²) in [5.74, 6) is -1.12. The number of nitrogens with one attached hydrogen (secondary N) is 1. The van der Waals surface area contributed by atoms with Crippen molar-refractivity contribution in [3.05, 3.63) is 75.1 Å². The van der Waals surface area contributed by atoms with Crippen molar-refractivity contribution in [2.75, 3.05) is 17.2 Å². The second-order valence-electron chi connectivity index (χ2n) is 10.7. The molecular formula is C28H28N7O8S3+. The molecule has 15 nitrogen and oxygen atoms in total. The lowest BCUT2D eigenvalue weighted by molar-refractivity contribution is -0.689. The molecule has 3 aromatic heterocycles. The number of aromatic nitrogens is 3. The van der Waals surface area contributed by atoms with Crippen LogP contribution >= 0.6 is 34.9 Å². The molecule has 1 aliphatic carbocycles. The number of carboxylic acid groups (broad SMARTS) is 1. The number of carboxylic acids is 1. The van der Waals surface area contributed by atoms with E-state index in [1.807, 2.05) is 29.1 Å². The van der Waals surface area contributed by atoms with Crippen LogP contribution in [-0.4, -0.2) is 76.5 Å². The van der Waals surface area contributed by atoms with Gasteiger partial charge in [0.05, 0.1) is 6.20 Å². The van der Waals surface area contributed by atoms with Gasteiger partial charge in [0.1, 0.15) is 28.5 Å². The molecule has 3 aliphatic rings. The summed E-state index contributed by atoms with van der Waals surface area (Å²) < 4.78 is 2.35. The quantitative estimate of drug-likeness (QED) is 0.0451. The van der Waals surface area contributed by atoms with Crippen LogP contribution in [0.2, 0.25) is 0 Å². The maximum absolute atomic E-state index is 13.4. The van der Waals surface area contributed by atoms with E-state index in [1.54, 1.807) is 11.8 Å². The summed E-state index contributed by atoms with van der Waals surface area (Å²) in [7, 11) is 0. The third kappa shape index (κ3) is 6.68. The molecule has 2 fully saturated rings. The Morgan fingerprint density at radius 3 is 2.70 bits per heavy atom. The lowest BCUT2D eigenvalue weighted by atomic mass is 10.0. The van der Waals surface area contributed by atoms with E-state index < -0.39 is 47.0 Å². The number of fused-ring (bicyclic) bond motifs is 1. The maximum atomic E-state index is 13.4. The van der Waals surface area contributed by atoms with Crippen LogP contribution in [0.1, 0.15) is 24.2 Å². The molecule has 0 radical (unpaired) electrons. The number of rotatable bonds is 12. The van der Waals surface area contributed by atoms with Crippen LogP contribution in [-0.2, 0) is 32.4 Å². The van der Waals surface area contributed by atoms with E-state index in [4.69, 9.17) is 10.6 Å². The number of β-lactam (4-membered cyclic amide) rings is 1. The normalized spacial score (nSPS) is 19.4. The van der Waals surface area contributed by atoms with Crippen LogP contribution < -0.4 is 21.0 Å². The van der Waals surface area contributed by atoms with Gasteiger partial charge >= 0.3 is 5.97 Å². The lowest BCUT2D eigenvalue weighted by Gasteiger charge is -2.49. The molecule has 2 aliphatic heterocycles. The zero-order valence-electron chi connectivity index (χ0n) is 23.9. The van der Waals surface area contributed by atoms with Crippen molar-refractivity contribution in [2.45, 2.75) is 42.3 Å². The van der Waals surface area contributed by atoms with Crippen LogP contribution in [0.4, 0.5) is 5.13 Å². The summed E-state index contributed by atoms with van der Waals surface area (Å²) in [6.07, 6.45) is 7.15. The van der Waals surface area contributed by atoms with Gasteiger partial charge in [-0.3, -0.25) is 19.3 Å². The molecule has 2 amide bonds. The van der Waals surface area contributed by atoms with Gasteiger partial charge in [-0.15, -0.1) is 34.9 Å². The Morgan fingerprint density at radius 1 is 1.26 bits per heavy atom. The van der Waals surface area contributed by atoms with E-state index >= 15 is 0 Å². The molecule has 0 bridgehead atoms. The Kier molecular flexibility index (Phi) is 8.92. The highest BCUT2D eigenvalue weighted by Crippen LogP contribution is 2.40. The fourth-order valence-corrected chi connectivity index (χ4v) is 7.76. The summed E-state index contributed by atoms with van der Waals surface area (Å²) in [5.41, 5.74) is 5.08. The van der Waals surface area contributed by atoms with E-state index in [-0.39, 0.29) is 34.5 Å². The van der Waals surface area contributed by atoms with Crippen molar-refractivity contribution in [1.82, 2.24) is 19.9 Å². The first-order valence-electron chi connectivity index (χ1n) is 14.0. The number of oxime groups is 1. The van der Waals surface area contributed by atoms with E-state index in [2.05, 4.69) is 15.5 Å². The standard InChI is InChI=1S/C28H27N7O8S3/c29-28-30-18(13-46-28)21(32-43-10-16-7-19(36)20(37)9-34(16)42)24(38)31-22-25(39)35-23(27(40)41)15(12-45-26(22)35)8-33-5-3-17(4-6-33)44-11-14-1-2-14/h3-7,9,13-14,22,26,42H,1-2,8,10-12H2,(H4-,29,30,31,37,38,40,41)/p+1/b32-21+/t22-,26-/m0/s1. The van der Waals surface area contributed by atoms with E-state index in [9.17, 15) is 34.6 Å². The van der Waals surface area contributed by atoms with Crippen LogP contribution in [0.25, 0.3) is 0 Å². The number of carbonyl (C=O) groups excluding carboxylic acids is 2. The Morgan fingerprint density at radius 2 is 2.02 bits per heavy atom. The first-order chi connectivity index (χ1) is 22.1. The first-order valence-corrected chi connectivity index (χ1v) is 16.9. The zero-order chi connectivity index (χ0) is 32.5. The molecule has 18 heteroatoms. The summed E-state index contributed by atoms with van der Waals surface area (Å²) >= 11 is 4.18. The molecule has 0 spiro atoms. The van der Waals surface area contributed by atoms with Gasteiger partial charge < -0.3 is 31.3 Å². The van der Waals surface area contributed by atoms with Crippen molar-refractivity contribution in [1.29, 1.82) is 0 Å². The van der Waals surface area contributed by atoms with Crippen molar-refractivity contribution < 1.29 is 39.2 Å². The van der Waals surface area contributed by atoms with Crippen LogP contribution in [0.3, 0.4) is 0 Å². The number of pyridine rings is 2. The van der Waals surface area contributed by atoms with Crippen molar-refractivity contribution >= 4 is 63.5 Å². The third-order valence-corrected chi connectivity index (χ3v) is 10.6. The average molecular weight is 687 g/mol. The molecular weight excluding hydrogens is 659 g/mol. The van der Waals surface area contributed by atoms with Crippen molar-refractivity contribution in [3.8, 4) is 5.75 Å². The summed E-state index contributed by atoms with van der Waals surface area (Å²) in [6.45, 7) is -0.176. The fraction of sp³-hybridized carbons (Fsp3) is 0.321. The monoisotopic (exact) mass is 686 g/mol. The van der Waals surface area contributed by atoms with Crippen molar-refractivity contribution in [3.63, 3.8) is 0 Å². The number of anilines is 1.